The quantitative estimate of drug-likeness (QED) is 0.438. The van der Waals surface area contributed by atoms with E-state index in [-0.39, 0.29) is 24.7 Å². The minimum Gasteiger partial charge on any atom is -0.466 e. The molecule has 1 aromatic heterocycles. The zero-order valence-electron chi connectivity index (χ0n) is 13.6. The maximum Gasteiger partial charge on any atom is 0.306 e. The molecule has 2 aromatic rings. The van der Waals surface area contributed by atoms with Crippen molar-refractivity contribution in [2.75, 3.05) is 11.9 Å². The van der Waals surface area contributed by atoms with Crippen LogP contribution in [0.3, 0.4) is 0 Å². The highest BCUT2D eigenvalue weighted by Gasteiger charge is 2.11. The van der Waals surface area contributed by atoms with Gasteiger partial charge in [-0.1, -0.05) is 52.9 Å². The molecule has 8 heteroatoms. The van der Waals surface area contributed by atoms with Gasteiger partial charge in [-0.05, 0) is 19.4 Å². The molecular weight excluding hydrogens is 346 g/mol. The van der Waals surface area contributed by atoms with Crippen molar-refractivity contribution in [2.24, 2.45) is 0 Å². The molecule has 128 valence electrons. The lowest BCUT2D eigenvalue weighted by atomic mass is 10.2. The fourth-order valence-electron chi connectivity index (χ4n) is 1.78. The Morgan fingerprint density at radius 2 is 1.96 bits per heavy atom. The molecule has 0 fully saturated rings. The second-order valence-corrected chi connectivity index (χ2v) is 7.20. The molecule has 1 amide bonds. The normalized spacial score (nSPS) is 10.4. The average molecular weight is 365 g/mol. The van der Waals surface area contributed by atoms with Crippen molar-refractivity contribution in [3.05, 3.63) is 35.4 Å². The topological polar surface area (TPSA) is 81.2 Å². The number of nitrogens with one attached hydrogen (secondary N) is 1. The first-order valence-corrected chi connectivity index (χ1v) is 9.34. The van der Waals surface area contributed by atoms with Crippen LogP contribution in [0.2, 0.25) is 0 Å². The molecule has 0 aliphatic rings. The summed E-state index contributed by atoms with van der Waals surface area (Å²) in [5.74, 6) is 0.152. The van der Waals surface area contributed by atoms with Crippen molar-refractivity contribution in [2.45, 2.75) is 36.8 Å². The number of carbonyl (C=O) groups excluding carboxylic acids is 2. The van der Waals surface area contributed by atoms with Gasteiger partial charge in [-0.3, -0.25) is 9.59 Å². The van der Waals surface area contributed by atoms with E-state index in [4.69, 9.17) is 4.74 Å². The smallest absolute Gasteiger partial charge is 0.306 e. The standard InChI is InChI=1S/C16H19N3O3S2/c1-3-22-14(21)9-8-13(20)17-15-18-19-16(24-15)23-10-12-6-4-11(2)5-7-12/h4-7H,3,8-10H2,1-2H3,(H,17,18,20). The van der Waals surface area contributed by atoms with Crippen molar-refractivity contribution < 1.29 is 14.3 Å². The van der Waals surface area contributed by atoms with Gasteiger partial charge < -0.3 is 10.1 Å². The summed E-state index contributed by atoms with van der Waals surface area (Å²) in [5.41, 5.74) is 2.44. The van der Waals surface area contributed by atoms with Gasteiger partial charge in [-0.25, -0.2) is 0 Å². The average Bonchev–Trinajstić information content (AvgIpc) is 3.00. The number of thioether (sulfide) groups is 1. The summed E-state index contributed by atoms with van der Waals surface area (Å²) in [6.45, 7) is 4.10. The molecule has 24 heavy (non-hydrogen) atoms. The van der Waals surface area contributed by atoms with E-state index in [0.717, 1.165) is 10.1 Å². The SMILES string of the molecule is CCOC(=O)CCC(=O)Nc1nnc(SCc2ccc(C)cc2)s1. The Balaban J connectivity index is 1.77. The first kappa shape index (κ1) is 18.4. The van der Waals surface area contributed by atoms with Gasteiger partial charge in [0.05, 0.1) is 13.0 Å². The van der Waals surface area contributed by atoms with Gasteiger partial charge in [-0.2, -0.15) is 0 Å². The molecule has 6 nitrogen and oxygen atoms in total. The van der Waals surface area contributed by atoms with E-state index >= 15 is 0 Å². The van der Waals surface area contributed by atoms with Gasteiger partial charge in [0.1, 0.15) is 0 Å². The number of hydrogen-bond donors (Lipinski definition) is 1. The second kappa shape index (κ2) is 9.39. The van der Waals surface area contributed by atoms with Crippen LogP contribution < -0.4 is 5.32 Å². The molecule has 0 unspecified atom stereocenters. The summed E-state index contributed by atoms with van der Waals surface area (Å²) in [5, 5.41) is 11.1. The number of esters is 1. The van der Waals surface area contributed by atoms with E-state index in [0.29, 0.717) is 11.7 Å². The number of ether oxygens (including phenoxy) is 1. The number of aryl methyl sites for hydroxylation is 1. The van der Waals surface area contributed by atoms with Crippen LogP contribution in [0.4, 0.5) is 5.13 Å². The maximum atomic E-state index is 11.8. The molecule has 1 N–H and O–H groups in total. The van der Waals surface area contributed by atoms with Crippen LogP contribution in [0, 0.1) is 6.92 Å². The molecular formula is C16H19N3O3S2. The maximum absolute atomic E-state index is 11.8. The Morgan fingerprint density at radius 3 is 2.67 bits per heavy atom. The number of rotatable bonds is 8. The van der Waals surface area contributed by atoms with Crippen LogP contribution in [-0.2, 0) is 20.1 Å². The van der Waals surface area contributed by atoms with E-state index < -0.39 is 0 Å². The number of amides is 1. The lowest BCUT2D eigenvalue weighted by molar-refractivity contribution is -0.144. The third-order valence-electron chi connectivity index (χ3n) is 3.00. The van der Waals surface area contributed by atoms with Gasteiger partial charge in [0.15, 0.2) is 4.34 Å². The number of benzene rings is 1. The van der Waals surface area contributed by atoms with Gasteiger partial charge in [0.25, 0.3) is 0 Å². The summed E-state index contributed by atoms with van der Waals surface area (Å²) < 4.78 is 5.57. The Labute approximate surface area is 149 Å². The monoisotopic (exact) mass is 365 g/mol. The molecule has 0 atom stereocenters. The van der Waals surface area contributed by atoms with Crippen LogP contribution in [0.5, 0.6) is 0 Å². The third kappa shape index (κ3) is 6.29. The number of hydrogen-bond acceptors (Lipinski definition) is 7. The van der Waals surface area contributed by atoms with Crippen molar-refractivity contribution in [1.82, 2.24) is 10.2 Å². The van der Waals surface area contributed by atoms with Crippen LogP contribution in [0.15, 0.2) is 28.6 Å². The molecule has 0 aliphatic carbocycles. The summed E-state index contributed by atoms with van der Waals surface area (Å²) in [7, 11) is 0. The van der Waals surface area contributed by atoms with E-state index in [1.165, 1.54) is 22.5 Å². The van der Waals surface area contributed by atoms with Crippen LogP contribution in [0.1, 0.15) is 30.9 Å². The van der Waals surface area contributed by atoms with Gasteiger partial charge in [-0.15, -0.1) is 10.2 Å². The van der Waals surface area contributed by atoms with Crippen LogP contribution in [-0.4, -0.2) is 28.7 Å². The van der Waals surface area contributed by atoms with Crippen molar-refractivity contribution in [3.63, 3.8) is 0 Å². The molecule has 1 aromatic carbocycles. The number of nitrogens with zero attached hydrogens (tertiary/aromatic N) is 2. The largest absolute Gasteiger partial charge is 0.466 e. The second-order valence-electron chi connectivity index (χ2n) is 5.00. The molecule has 0 spiro atoms. The van der Waals surface area contributed by atoms with E-state index in [1.54, 1.807) is 18.7 Å². The highest BCUT2D eigenvalue weighted by atomic mass is 32.2. The number of anilines is 1. The van der Waals surface area contributed by atoms with Crippen LogP contribution >= 0.6 is 23.1 Å². The van der Waals surface area contributed by atoms with Gasteiger partial charge in [0, 0.05) is 12.2 Å². The summed E-state index contributed by atoms with van der Waals surface area (Å²) in [6.07, 6.45) is 0.137. The minimum absolute atomic E-state index is 0.0630. The summed E-state index contributed by atoms with van der Waals surface area (Å²) in [6, 6.07) is 8.32. The van der Waals surface area contributed by atoms with Crippen molar-refractivity contribution in [1.29, 1.82) is 0 Å². The third-order valence-corrected chi connectivity index (χ3v) is 5.04. The van der Waals surface area contributed by atoms with Crippen molar-refractivity contribution in [3.8, 4) is 0 Å². The summed E-state index contributed by atoms with van der Waals surface area (Å²) in [4.78, 5) is 23.0. The predicted molar refractivity (Wildman–Crippen MR) is 95.1 cm³/mol. The number of aromatic nitrogens is 2. The Kier molecular flexibility index (Phi) is 7.20. The lowest BCUT2D eigenvalue weighted by Gasteiger charge is -2.01. The molecule has 0 radical (unpaired) electrons. The highest BCUT2D eigenvalue weighted by Crippen LogP contribution is 2.28. The summed E-state index contributed by atoms with van der Waals surface area (Å²) >= 11 is 2.89. The zero-order chi connectivity index (χ0) is 17.4. The lowest BCUT2D eigenvalue weighted by Crippen LogP contribution is -2.14. The Bertz CT molecular complexity index is 686. The van der Waals surface area contributed by atoms with Gasteiger partial charge in [0.2, 0.25) is 11.0 Å². The molecule has 0 aliphatic heterocycles. The van der Waals surface area contributed by atoms with Crippen LogP contribution in [0.25, 0.3) is 0 Å². The fourth-order valence-corrected chi connectivity index (χ4v) is 3.50. The molecule has 2 rings (SSSR count). The Morgan fingerprint density at radius 1 is 1.21 bits per heavy atom. The minimum atomic E-state index is -0.376. The van der Waals surface area contributed by atoms with Gasteiger partial charge >= 0.3 is 5.97 Å². The molecule has 0 saturated carbocycles. The molecule has 0 bridgehead atoms. The fraction of sp³-hybridized carbons (Fsp3) is 0.375. The first-order chi connectivity index (χ1) is 11.6. The Hall–Kier alpha value is -1.93. The predicted octanol–water partition coefficient (Wildman–Crippen LogP) is 3.42. The molecule has 1 heterocycles. The molecule has 0 saturated heterocycles. The zero-order valence-corrected chi connectivity index (χ0v) is 15.2. The van der Waals surface area contributed by atoms with E-state index in [1.807, 2.05) is 0 Å². The van der Waals surface area contributed by atoms with E-state index in [9.17, 15) is 9.59 Å². The van der Waals surface area contributed by atoms with Crippen molar-refractivity contribution >= 4 is 40.1 Å². The first-order valence-electron chi connectivity index (χ1n) is 7.54. The highest BCUT2D eigenvalue weighted by molar-refractivity contribution is 8.00. The van der Waals surface area contributed by atoms with E-state index in [2.05, 4.69) is 46.7 Å². The number of carbonyl (C=O) groups is 2.